The Morgan fingerprint density at radius 3 is 2.25 bits per heavy atom. The molecule has 0 aromatic heterocycles. The summed E-state index contributed by atoms with van der Waals surface area (Å²) in [5.74, 6) is 0. The first-order valence-electron chi connectivity index (χ1n) is 0.911. The van der Waals surface area contributed by atoms with E-state index in [0.717, 1.165) is 0 Å². The Kier molecular flexibility index (Phi) is 3.60. The summed E-state index contributed by atoms with van der Waals surface area (Å²) in [5, 5.41) is 0. The summed E-state index contributed by atoms with van der Waals surface area (Å²) in [6.45, 7) is 0. The summed E-state index contributed by atoms with van der Waals surface area (Å²) < 4.78 is 19.5. The Morgan fingerprint density at radius 1 is 2.00 bits per heavy atom. The summed E-state index contributed by atoms with van der Waals surface area (Å²) >= 11 is -1.13. The molecular weight excluding hydrogens is 72.8 g/mol. The normalized spacial score (nSPS) is 4.25. The number of hydrogen-bond acceptors (Lipinski definition) is 1. The van der Waals surface area contributed by atoms with Crippen molar-refractivity contribution in [1.82, 2.24) is 0 Å². The summed E-state index contributed by atoms with van der Waals surface area (Å²) in [6.07, 6.45) is -0.653. The standard InChI is InChI=1S/Al.BFH.O/c;1-2;/h;1H;/q-1;+1;. The number of hydrogen-bond donors (Lipinski definition) is 0. The van der Waals surface area contributed by atoms with Crippen LogP contribution in [0.4, 0.5) is 4.32 Å². The van der Waals surface area contributed by atoms with Crippen molar-refractivity contribution in [3.8, 4) is 0 Å². The zero-order chi connectivity index (χ0) is 3.41. The summed E-state index contributed by atoms with van der Waals surface area (Å²) in [5.41, 5.74) is 0. The molecule has 0 amide bonds. The molecule has 0 spiro atoms. The topological polar surface area (TPSA) is 17.1 Å². The van der Waals surface area contributed by atoms with Crippen molar-refractivity contribution in [2.45, 2.75) is 0 Å². The van der Waals surface area contributed by atoms with Crippen LogP contribution in [0.5, 0.6) is 0 Å². The molecule has 0 unspecified atom stereocenters. The van der Waals surface area contributed by atoms with Gasteiger partial charge >= 0.3 is 29.4 Å². The molecule has 0 radical (unpaired) electrons. The predicted octanol–water partition coefficient (Wildman–Crippen LogP) is -0.728. The fourth-order valence-corrected chi connectivity index (χ4v) is 0. The van der Waals surface area contributed by atoms with Crippen molar-refractivity contribution in [3.63, 3.8) is 0 Å². The average molecular weight is 73.8 g/mol. The summed E-state index contributed by atoms with van der Waals surface area (Å²) in [6, 6.07) is 0. The van der Waals surface area contributed by atoms with E-state index in [4.69, 9.17) is 3.80 Å². The molecule has 0 aliphatic carbocycles. The second kappa shape index (κ2) is 3.33. The zero-order valence-electron chi connectivity index (χ0n) is 2.07. The molecule has 0 N–H and O–H groups in total. The van der Waals surface area contributed by atoms with Gasteiger partial charge in [0.1, 0.15) is 0 Å². The van der Waals surface area contributed by atoms with E-state index in [0.29, 0.717) is 0 Å². The third-order valence-corrected chi connectivity index (χ3v) is 0.189. The third kappa shape index (κ3) is 2.33. The maximum atomic E-state index is 10.4. The van der Waals surface area contributed by atoms with Crippen molar-refractivity contribution in [3.05, 3.63) is 0 Å². The van der Waals surface area contributed by atoms with E-state index in [-0.39, 0.29) is 0 Å². The van der Waals surface area contributed by atoms with Crippen molar-refractivity contribution < 1.29 is 8.12 Å². The van der Waals surface area contributed by atoms with E-state index in [9.17, 15) is 4.32 Å². The molecule has 0 aromatic rings. The fourth-order valence-electron chi connectivity index (χ4n) is 0. The molecule has 0 saturated heterocycles. The van der Waals surface area contributed by atoms with Gasteiger partial charge in [0.2, 0.25) is 0 Å². The first kappa shape index (κ1) is 4.33. The van der Waals surface area contributed by atoms with Gasteiger partial charge in [-0.2, -0.15) is 0 Å². The van der Waals surface area contributed by atoms with Gasteiger partial charge in [0, 0.05) is 0 Å². The van der Waals surface area contributed by atoms with Crippen LogP contribution in [-0.4, -0.2) is 21.3 Å². The van der Waals surface area contributed by atoms with E-state index in [1.165, 1.54) is 0 Å². The summed E-state index contributed by atoms with van der Waals surface area (Å²) in [7, 11) is 0. The van der Waals surface area contributed by atoms with Gasteiger partial charge in [-0.1, -0.05) is 0 Å². The first-order valence-corrected chi connectivity index (χ1v) is 2.20. The van der Waals surface area contributed by atoms with E-state index in [1.54, 1.807) is 0 Å². The van der Waals surface area contributed by atoms with E-state index < -0.39 is 21.3 Å². The molecule has 1 nitrogen and oxygen atoms in total. The van der Waals surface area contributed by atoms with Crippen molar-refractivity contribution in [2.24, 2.45) is 0 Å². The van der Waals surface area contributed by atoms with Crippen LogP contribution in [0.1, 0.15) is 0 Å². The quantitative estimate of drug-likeness (QED) is 0.375. The van der Waals surface area contributed by atoms with Gasteiger partial charge in [0.25, 0.3) is 0 Å². The van der Waals surface area contributed by atoms with Crippen LogP contribution < -0.4 is 0 Å². The monoisotopic (exact) mass is 74.0 g/mol. The second-order valence-corrected chi connectivity index (χ2v) is 0.963. The van der Waals surface area contributed by atoms with Gasteiger partial charge in [0.05, 0.1) is 0 Å². The minimum absolute atomic E-state index is 0.653. The molecule has 0 fully saturated rings. The van der Waals surface area contributed by atoms with Crippen LogP contribution >= 0.6 is 0 Å². The average Bonchev–Trinajstić information content (AvgIpc) is 1.37. The fraction of sp³-hybridized carbons (Fsp3) is 0. The van der Waals surface area contributed by atoms with Crippen molar-refractivity contribution in [2.75, 3.05) is 0 Å². The van der Waals surface area contributed by atoms with Gasteiger partial charge in [-0.05, 0) is 0 Å². The van der Waals surface area contributed by atoms with Crippen LogP contribution in [0.3, 0.4) is 0 Å². The van der Waals surface area contributed by atoms with E-state index in [2.05, 4.69) is 0 Å². The Morgan fingerprint density at radius 2 is 2.25 bits per heavy atom. The van der Waals surface area contributed by atoms with E-state index in [1.807, 2.05) is 0 Å². The van der Waals surface area contributed by atoms with Crippen molar-refractivity contribution in [1.29, 1.82) is 0 Å². The predicted molar refractivity (Wildman–Crippen MR) is 14.7 cm³/mol. The van der Waals surface area contributed by atoms with Gasteiger partial charge in [-0.15, -0.1) is 0 Å². The molecule has 0 aliphatic heterocycles. The summed E-state index contributed by atoms with van der Waals surface area (Å²) in [4.78, 5) is 0. The van der Waals surface area contributed by atoms with Crippen LogP contribution in [0.25, 0.3) is 0 Å². The van der Waals surface area contributed by atoms with Crippen molar-refractivity contribution >= 4 is 21.3 Å². The molecule has 0 heterocycles. The SMILES string of the molecule is [O]=[Al][BH]F. The number of rotatable bonds is 1. The molecule has 20 valence electrons. The Balaban J connectivity index is 2.30. The Bertz CT molecular complexity index is 22.0. The molecule has 0 saturated carbocycles. The van der Waals surface area contributed by atoms with Crippen LogP contribution in [-0.2, 0) is 3.80 Å². The second-order valence-electron chi connectivity index (χ2n) is 0.321. The molecule has 0 aliphatic rings. The number of halogens is 1. The van der Waals surface area contributed by atoms with Gasteiger partial charge in [-0.3, -0.25) is 0 Å². The van der Waals surface area contributed by atoms with Gasteiger partial charge in [0.15, 0.2) is 0 Å². The third-order valence-electron chi connectivity index (χ3n) is 0.0630. The molecule has 4 heavy (non-hydrogen) atoms. The Hall–Kier alpha value is 0.327. The van der Waals surface area contributed by atoms with Gasteiger partial charge in [-0.25, -0.2) is 0 Å². The zero-order valence-corrected chi connectivity index (χ0v) is 3.23. The maximum absolute atomic E-state index is 10.4. The first-order chi connectivity index (χ1) is 1.91. The van der Waals surface area contributed by atoms with Crippen LogP contribution in [0, 0.1) is 0 Å². The molecule has 0 atom stereocenters. The molecule has 4 heteroatoms. The molecule has 0 aromatic carbocycles. The Labute approximate surface area is 30.2 Å². The molecule has 0 bridgehead atoms. The molecule has 0 rings (SSSR count). The molecular formula is HAlBFO. The van der Waals surface area contributed by atoms with E-state index >= 15 is 0 Å². The van der Waals surface area contributed by atoms with Crippen LogP contribution in [0.2, 0.25) is 0 Å². The van der Waals surface area contributed by atoms with Gasteiger partial charge < -0.3 is 0 Å². The van der Waals surface area contributed by atoms with Crippen LogP contribution in [0.15, 0.2) is 0 Å². The minimum atomic E-state index is -1.13.